The first-order valence-corrected chi connectivity index (χ1v) is 10.7. The van der Waals surface area contributed by atoms with Crippen molar-refractivity contribution in [3.05, 3.63) is 105 Å². The molecule has 1 saturated heterocycles. The zero-order valence-electron chi connectivity index (χ0n) is 17.0. The van der Waals surface area contributed by atoms with Crippen LogP contribution in [0, 0.1) is 28.9 Å². The second-order valence-corrected chi connectivity index (χ2v) is 9.20. The molecule has 0 radical (unpaired) electrons. The van der Waals surface area contributed by atoms with E-state index in [9.17, 15) is 19.7 Å². The Morgan fingerprint density at radius 3 is 2.12 bits per heavy atom. The first-order valence-electron chi connectivity index (χ1n) is 10.4. The van der Waals surface area contributed by atoms with Gasteiger partial charge in [0.05, 0.1) is 22.4 Å². The summed E-state index contributed by atoms with van der Waals surface area (Å²) in [5.74, 6) is -2.52. The molecule has 2 amide bonds. The highest BCUT2D eigenvalue weighted by molar-refractivity contribution is 6.33. The Hall–Kier alpha value is -3.51. The maximum atomic E-state index is 13.8. The number of hydrogen-bond acceptors (Lipinski definition) is 4. The number of nitro groups is 1. The van der Waals surface area contributed by atoms with Crippen LogP contribution < -0.4 is 4.90 Å². The van der Waals surface area contributed by atoms with Crippen molar-refractivity contribution in [2.24, 2.45) is 11.8 Å². The number of nitro benzene ring substituents is 1. The van der Waals surface area contributed by atoms with E-state index in [1.54, 1.807) is 13.0 Å². The maximum absolute atomic E-state index is 13.8. The van der Waals surface area contributed by atoms with Crippen molar-refractivity contribution in [3.8, 4) is 0 Å². The average Bonchev–Trinajstić information content (AvgIpc) is 3.06. The van der Waals surface area contributed by atoms with Gasteiger partial charge in [-0.25, -0.2) is 4.90 Å². The molecule has 2 bridgehead atoms. The quantitative estimate of drug-likeness (QED) is 0.249. The lowest BCUT2D eigenvalue weighted by Crippen LogP contribution is -2.50. The molecule has 1 fully saturated rings. The minimum atomic E-state index is -1.18. The predicted molar refractivity (Wildman–Crippen MR) is 119 cm³/mol. The number of amides is 2. The van der Waals surface area contributed by atoms with Gasteiger partial charge in [-0.3, -0.25) is 19.7 Å². The second kappa shape index (κ2) is 6.26. The summed E-state index contributed by atoms with van der Waals surface area (Å²) in [5.41, 5.74) is 4.31. The van der Waals surface area contributed by atoms with Gasteiger partial charge >= 0.3 is 0 Å². The number of carbonyl (C=O) groups is 2. The third-order valence-electron chi connectivity index (χ3n) is 7.16. The van der Waals surface area contributed by atoms with Crippen LogP contribution in [-0.2, 0) is 14.5 Å². The van der Waals surface area contributed by atoms with Gasteiger partial charge in [-0.1, -0.05) is 54.6 Å². The van der Waals surface area contributed by atoms with Crippen molar-refractivity contribution in [2.45, 2.75) is 17.7 Å². The number of aryl methyl sites for hydroxylation is 1. The van der Waals surface area contributed by atoms with Crippen LogP contribution in [0.3, 0.4) is 0 Å². The van der Waals surface area contributed by atoms with Crippen LogP contribution in [0.1, 0.15) is 33.7 Å². The molecule has 6 nitrogen and oxygen atoms in total. The first kappa shape index (κ1) is 19.2. The second-order valence-electron chi connectivity index (χ2n) is 8.61. The Balaban J connectivity index is 1.60. The third-order valence-corrected chi connectivity index (χ3v) is 7.80. The Morgan fingerprint density at radius 1 is 0.938 bits per heavy atom. The Bertz CT molecular complexity index is 1320. The van der Waals surface area contributed by atoms with Crippen LogP contribution in [0.25, 0.3) is 0 Å². The Morgan fingerprint density at radius 2 is 1.53 bits per heavy atom. The van der Waals surface area contributed by atoms with Crippen LogP contribution in [-0.4, -0.2) is 16.7 Å². The molecule has 0 aromatic heterocycles. The number of benzene rings is 3. The monoisotopic (exact) mass is 444 g/mol. The molecule has 3 aromatic carbocycles. The lowest BCUT2D eigenvalue weighted by molar-refractivity contribution is -0.384. The van der Waals surface area contributed by atoms with E-state index in [1.807, 2.05) is 48.5 Å². The zero-order valence-corrected chi connectivity index (χ0v) is 17.7. The van der Waals surface area contributed by atoms with Crippen molar-refractivity contribution < 1.29 is 14.5 Å². The molecule has 3 aliphatic carbocycles. The molecule has 0 N–H and O–H groups in total. The van der Waals surface area contributed by atoms with Crippen molar-refractivity contribution in [1.82, 2.24) is 0 Å². The Labute approximate surface area is 188 Å². The smallest absolute Gasteiger partial charge is 0.271 e. The average molecular weight is 445 g/mol. The van der Waals surface area contributed by atoms with E-state index < -0.39 is 27.5 Å². The molecule has 0 saturated carbocycles. The fourth-order valence-electron chi connectivity index (χ4n) is 5.87. The van der Waals surface area contributed by atoms with E-state index >= 15 is 0 Å². The summed E-state index contributed by atoms with van der Waals surface area (Å²) in [6.45, 7) is 1.73. The van der Waals surface area contributed by atoms with Gasteiger partial charge in [-0.2, -0.15) is 0 Å². The van der Waals surface area contributed by atoms with Gasteiger partial charge < -0.3 is 0 Å². The van der Waals surface area contributed by atoms with Gasteiger partial charge in [-0.05, 0) is 34.7 Å². The standard InChI is InChI=1S/C25H17ClN2O4/c1-13-10-11-14(28(31)32)12-19(13)27-23(29)21-20-15-6-2-4-8-17(15)25(26,22(21)24(27)30)18-9-5-3-7-16(18)20/h2-12,20-22H,1H3/t20?,21-,22-,25?/m0/s1. The van der Waals surface area contributed by atoms with Gasteiger partial charge in [-0.15, -0.1) is 11.6 Å². The molecule has 158 valence electrons. The van der Waals surface area contributed by atoms with E-state index in [-0.39, 0.29) is 23.2 Å². The molecule has 7 heteroatoms. The molecule has 4 aliphatic rings. The summed E-state index contributed by atoms with van der Waals surface area (Å²) < 4.78 is 0. The minimum absolute atomic E-state index is 0.170. The molecular weight excluding hydrogens is 428 g/mol. The Kier molecular flexibility index (Phi) is 3.76. The van der Waals surface area contributed by atoms with Crippen LogP contribution in [0.4, 0.5) is 11.4 Å². The van der Waals surface area contributed by atoms with E-state index in [0.29, 0.717) is 5.56 Å². The number of rotatable bonds is 2. The molecule has 0 unspecified atom stereocenters. The summed E-state index contributed by atoms with van der Waals surface area (Å²) in [4.78, 5) is 38.4. The predicted octanol–water partition coefficient (Wildman–Crippen LogP) is 4.65. The topological polar surface area (TPSA) is 80.5 Å². The van der Waals surface area contributed by atoms with Crippen LogP contribution >= 0.6 is 11.6 Å². The van der Waals surface area contributed by atoms with Crippen LogP contribution in [0.2, 0.25) is 0 Å². The van der Waals surface area contributed by atoms with Gasteiger partial charge in [0.15, 0.2) is 0 Å². The number of nitrogens with zero attached hydrogens (tertiary/aromatic N) is 2. The molecule has 2 atom stereocenters. The van der Waals surface area contributed by atoms with Crippen LogP contribution in [0.5, 0.6) is 0 Å². The van der Waals surface area contributed by atoms with E-state index in [1.165, 1.54) is 12.1 Å². The third kappa shape index (κ3) is 2.15. The largest absolute Gasteiger partial charge is 0.274 e. The fourth-order valence-corrected chi connectivity index (χ4v) is 6.44. The minimum Gasteiger partial charge on any atom is -0.274 e. The summed E-state index contributed by atoms with van der Waals surface area (Å²) in [6, 6.07) is 19.7. The summed E-state index contributed by atoms with van der Waals surface area (Å²) in [6.07, 6.45) is 0. The maximum Gasteiger partial charge on any atom is 0.271 e. The molecule has 3 aromatic rings. The van der Waals surface area contributed by atoms with Gasteiger partial charge in [0, 0.05) is 18.1 Å². The molecule has 32 heavy (non-hydrogen) atoms. The summed E-state index contributed by atoms with van der Waals surface area (Å²) in [5, 5.41) is 11.4. The van der Waals surface area contributed by atoms with Gasteiger partial charge in [0.2, 0.25) is 11.8 Å². The van der Waals surface area contributed by atoms with Gasteiger partial charge in [0.1, 0.15) is 4.87 Å². The normalized spacial score (nSPS) is 27.2. The molecule has 7 rings (SSSR count). The number of hydrogen-bond donors (Lipinski definition) is 0. The lowest BCUT2D eigenvalue weighted by Gasteiger charge is -2.50. The highest BCUT2D eigenvalue weighted by Crippen LogP contribution is 2.66. The number of halogens is 1. The molecule has 1 heterocycles. The number of anilines is 1. The van der Waals surface area contributed by atoms with E-state index in [4.69, 9.17) is 11.6 Å². The first-order chi connectivity index (χ1) is 15.4. The van der Waals surface area contributed by atoms with E-state index in [0.717, 1.165) is 27.2 Å². The van der Waals surface area contributed by atoms with Crippen molar-refractivity contribution in [1.29, 1.82) is 0 Å². The van der Waals surface area contributed by atoms with Crippen molar-refractivity contribution >= 4 is 34.8 Å². The highest BCUT2D eigenvalue weighted by atomic mass is 35.5. The fraction of sp³-hybridized carbons (Fsp3) is 0.200. The number of imide groups is 1. The molecule has 1 aliphatic heterocycles. The molecule has 0 spiro atoms. The zero-order chi connectivity index (χ0) is 22.4. The van der Waals surface area contributed by atoms with Crippen molar-refractivity contribution in [2.75, 3.05) is 4.90 Å². The van der Waals surface area contributed by atoms with Crippen LogP contribution in [0.15, 0.2) is 66.7 Å². The molecular formula is C25H17ClN2O4. The lowest BCUT2D eigenvalue weighted by atomic mass is 9.54. The summed E-state index contributed by atoms with van der Waals surface area (Å²) >= 11 is 7.39. The van der Waals surface area contributed by atoms with E-state index in [2.05, 4.69) is 0 Å². The SMILES string of the molecule is Cc1ccc([N+](=O)[O-])cc1N1C(=O)[C@@H]2[C@@H](C1=O)C1c3ccccc3C2(Cl)c2ccccc21. The summed E-state index contributed by atoms with van der Waals surface area (Å²) in [7, 11) is 0. The highest BCUT2D eigenvalue weighted by Gasteiger charge is 2.68. The number of non-ortho nitro benzene ring substituents is 1. The number of alkyl halides is 1. The number of carbonyl (C=O) groups excluding carboxylic acids is 2. The van der Waals surface area contributed by atoms with Gasteiger partial charge in [0.25, 0.3) is 5.69 Å². The van der Waals surface area contributed by atoms with Crippen molar-refractivity contribution in [3.63, 3.8) is 0 Å².